The highest BCUT2D eigenvalue weighted by Crippen LogP contribution is 2.21. The summed E-state index contributed by atoms with van der Waals surface area (Å²) >= 11 is 0. The minimum Gasteiger partial charge on any atom is -0.472 e. The summed E-state index contributed by atoms with van der Waals surface area (Å²) in [7, 11) is 0. The van der Waals surface area contributed by atoms with Gasteiger partial charge in [-0.15, -0.1) is 0 Å². The Bertz CT molecular complexity index is 356. The second kappa shape index (κ2) is 4.42. The van der Waals surface area contributed by atoms with E-state index in [0.717, 1.165) is 0 Å². The average molecular weight is 216 g/mol. The molecule has 0 saturated heterocycles. The van der Waals surface area contributed by atoms with Crippen LogP contribution in [-0.4, -0.2) is 11.1 Å². The van der Waals surface area contributed by atoms with Gasteiger partial charge in [-0.2, -0.15) is 4.98 Å². The molecule has 0 spiro atoms. The number of nitrogens with two attached hydrogens (primary N) is 1. The van der Waals surface area contributed by atoms with Crippen LogP contribution in [0.5, 0.6) is 5.88 Å². The number of hydrogen-bond acceptors (Lipinski definition) is 3. The highest BCUT2D eigenvalue weighted by atomic mass is 19.1. The summed E-state index contributed by atoms with van der Waals surface area (Å²) < 4.78 is 31.2. The number of rotatable bonds is 3. The topological polar surface area (TPSA) is 48.1 Å². The number of aromatic nitrogens is 1. The number of hydrogen-bond donors (Lipinski definition) is 1. The van der Waals surface area contributed by atoms with Gasteiger partial charge in [0.25, 0.3) is 5.88 Å². The lowest BCUT2D eigenvalue weighted by molar-refractivity contribution is 0.155. The van der Waals surface area contributed by atoms with E-state index in [1.165, 1.54) is 0 Å². The van der Waals surface area contributed by atoms with Gasteiger partial charge in [0.15, 0.2) is 17.5 Å². The Labute approximate surface area is 87.3 Å². The molecule has 0 aliphatic carbocycles. The predicted octanol–water partition coefficient (Wildman–Crippen LogP) is 2.37. The smallest absolute Gasteiger partial charge is 0.252 e. The summed E-state index contributed by atoms with van der Waals surface area (Å²) in [5.74, 6) is -2.12. The van der Waals surface area contributed by atoms with E-state index in [0.29, 0.717) is 6.07 Å². The van der Waals surface area contributed by atoms with E-state index >= 15 is 0 Å². The Balaban J connectivity index is 2.91. The summed E-state index contributed by atoms with van der Waals surface area (Å²) in [6.45, 7) is 5.64. The third kappa shape index (κ3) is 2.78. The van der Waals surface area contributed by atoms with Crippen molar-refractivity contribution in [2.45, 2.75) is 26.9 Å². The van der Waals surface area contributed by atoms with Crippen LogP contribution in [0.2, 0.25) is 0 Å². The van der Waals surface area contributed by atoms with Crippen LogP contribution in [0.4, 0.5) is 14.6 Å². The van der Waals surface area contributed by atoms with Gasteiger partial charge >= 0.3 is 0 Å². The molecule has 1 atom stereocenters. The molecule has 0 radical (unpaired) electrons. The Morgan fingerprint density at radius 2 is 1.87 bits per heavy atom. The average Bonchev–Trinajstić information content (AvgIpc) is 2.13. The van der Waals surface area contributed by atoms with Crippen molar-refractivity contribution < 1.29 is 13.5 Å². The minimum absolute atomic E-state index is 0.206. The van der Waals surface area contributed by atoms with Gasteiger partial charge in [0.2, 0.25) is 0 Å². The third-order valence-electron chi connectivity index (χ3n) is 2.16. The molecular formula is C10H14F2N2O. The van der Waals surface area contributed by atoms with Crippen molar-refractivity contribution in [2.24, 2.45) is 5.92 Å². The maximum atomic E-state index is 13.2. The first-order chi connectivity index (χ1) is 6.91. The lowest BCUT2D eigenvalue weighted by atomic mass is 10.1. The van der Waals surface area contributed by atoms with E-state index in [9.17, 15) is 8.78 Å². The van der Waals surface area contributed by atoms with E-state index in [1.54, 1.807) is 6.92 Å². The van der Waals surface area contributed by atoms with Gasteiger partial charge in [0.1, 0.15) is 6.10 Å². The first-order valence-corrected chi connectivity index (χ1v) is 4.70. The first kappa shape index (κ1) is 11.7. The van der Waals surface area contributed by atoms with Crippen molar-refractivity contribution in [3.05, 3.63) is 17.7 Å². The van der Waals surface area contributed by atoms with Gasteiger partial charge in [-0.05, 0) is 12.8 Å². The van der Waals surface area contributed by atoms with Gasteiger partial charge in [0.05, 0.1) is 0 Å². The highest BCUT2D eigenvalue weighted by molar-refractivity contribution is 5.34. The van der Waals surface area contributed by atoms with Crippen molar-refractivity contribution in [3.8, 4) is 5.88 Å². The fraction of sp³-hybridized carbons (Fsp3) is 0.500. The monoisotopic (exact) mass is 216 g/mol. The van der Waals surface area contributed by atoms with E-state index in [4.69, 9.17) is 10.5 Å². The molecule has 2 N–H and O–H groups in total. The molecule has 1 rings (SSSR count). The Hall–Kier alpha value is -1.39. The van der Waals surface area contributed by atoms with Crippen LogP contribution < -0.4 is 10.5 Å². The zero-order valence-corrected chi connectivity index (χ0v) is 8.92. The Morgan fingerprint density at radius 3 is 2.40 bits per heavy atom. The molecule has 1 heterocycles. The molecule has 0 aliphatic heterocycles. The maximum absolute atomic E-state index is 13.2. The van der Waals surface area contributed by atoms with Crippen LogP contribution >= 0.6 is 0 Å². The standard InChI is InChI=1S/C10H14F2N2O/c1-5(2)6(3)15-10-8(12)4-7(11)9(13)14-10/h4-6H,1-3H3,(H2,13,14). The highest BCUT2D eigenvalue weighted by Gasteiger charge is 2.15. The number of anilines is 1. The maximum Gasteiger partial charge on any atom is 0.252 e. The SMILES string of the molecule is CC(C)C(C)Oc1nc(N)c(F)cc1F. The van der Waals surface area contributed by atoms with Crippen LogP contribution in [-0.2, 0) is 0 Å². The van der Waals surface area contributed by atoms with E-state index in [2.05, 4.69) is 4.98 Å². The summed E-state index contributed by atoms with van der Waals surface area (Å²) in [4.78, 5) is 3.50. The van der Waals surface area contributed by atoms with Crippen LogP contribution in [0.3, 0.4) is 0 Å². The molecule has 0 aliphatic rings. The second-order valence-electron chi connectivity index (χ2n) is 3.71. The number of nitrogen functional groups attached to an aromatic ring is 1. The van der Waals surface area contributed by atoms with E-state index < -0.39 is 11.6 Å². The summed E-state index contributed by atoms with van der Waals surface area (Å²) in [5.41, 5.74) is 5.21. The quantitative estimate of drug-likeness (QED) is 0.843. The van der Waals surface area contributed by atoms with Gasteiger partial charge < -0.3 is 10.5 Å². The number of nitrogens with zero attached hydrogens (tertiary/aromatic N) is 1. The molecule has 15 heavy (non-hydrogen) atoms. The molecule has 0 bridgehead atoms. The van der Waals surface area contributed by atoms with Gasteiger partial charge in [-0.3, -0.25) is 0 Å². The Kier molecular flexibility index (Phi) is 3.44. The fourth-order valence-corrected chi connectivity index (χ4v) is 0.858. The van der Waals surface area contributed by atoms with Crippen molar-refractivity contribution in [2.75, 3.05) is 5.73 Å². The molecule has 1 unspecified atom stereocenters. The van der Waals surface area contributed by atoms with E-state index in [-0.39, 0.29) is 23.7 Å². The van der Waals surface area contributed by atoms with Gasteiger partial charge in [-0.1, -0.05) is 13.8 Å². The predicted molar refractivity (Wildman–Crippen MR) is 53.5 cm³/mol. The molecule has 0 fully saturated rings. The number of halogens is 2. The lowest BCUT2D eigenvalue weighted by Crippen LogP contribution is -2.20. The zero-order valence-electron chi connectivity index (χ0n) is 8.92. The minimum atomic E-state index is -0.878. The summed E-state index contributed by atoms with van der Waals surface area (Å²) in [6.07, 6.45) is -0.211. The van der Waals surface area contributed by atoms with Crippen LogP contribution in [0.1, 0.15) is 20.8 Å². The van der Waals surface area contributed by atoms with Crippen molar-refractivity contribution >= 4 is 5.82 Å². The van der Waals surface area contributed by atoms with Crippen LogP contribution in [0.25, 0.3) is 0 Å². The molecule has 0 aromatic carbocycles. The third-order valence-corrected chi connectivity index (χ3v) is 2.16. The zero-order chi connectivity index (χ0) is 11.6. The summed E-state index contributed by atoms with van der Waals surface area (Å²) in [5, 5.41) is 0. The first-order valence-electron chi connectivity index (χ1n) is 4.70. The van der Waals surface area contributed by atoms with Crippen molar-refractivity contribution in [1.29, 1.82) is 0 Å². The fourth-order valence-electron chi connectivity index (χ4n) is 0.858. The van der Waals surface area contributed by atoms with Gasteiger partial charge in [-0.25, -0.2) is 8.78 Å². The van der Waals surface area contributed by atoms with Crippen molar-refractivity contribution in [1.82, 2.24) is 4.98 Å². The molecule has 1 aromatic rings. The molecule has 3 nitrogen and oxygen atoms in total. The normalized spacial score (nSPS) is 12.9. The number of pyridine rings is 1. The van der Waals surface area contributed by atoms with Crippen LogP contribution in [0, 0.1) is 17.6 Å². The van der Waals surface area contributed by atoms with Crippen molar-refractivity contribution in [3.63, 3.8) is 0 Å². The lowest BCUT2D eigenvalue weighted by Gasteiger charge is -2.17. The van der Waals surface area contributed by atoms with Crippen LogP contribution in [0.15, 0.2) is 6.07 Å². The molecule has 0 saturated carbocycles. The molecule has 1 aromatic heterocycles. The second-order valence-corrected chi connectivity index (χ2v) is 3.71. The molecule has 5 heteroatoms. The van der Waals surface area contributed by atoms with Gasteiger partial charge in [0, 0.05) is 6.07 Å². The Morgan fingerprint density at radius 1 is 1.27 bits per heavy atom. The summed E-state index contributed by atoms with van der Waals surface area (Å²) in [6, 6.07) is 0.671. The largest absolute Gasteiger partial charge is 0.472 e. The molecule has 0 amide bonds. The molecular weight excluding hydrogens is 202 g/mol. The van der Waals surface area contributed by atoms with E-state index in [1.807, 2.05) is 13.8 Å². The molecule has 84 valence electrons. The number of ether oxygens (including phenoxy) is 1.